The average Bonchev–Trinajstić information content (AvgIpc) is 2.24. The highest BCUT2D eigenvalue weighted by molar-refractivity contribution is 5.75. The number of hydrogen-bond donors (Lipinski definition) is 1. The molecule has 1 heterocycles. The summed E-state index contributed by atoms with van der Waals surface area (Å²) in [5.41, 5.74) is 0. The summed E-state index contributed by atoms with van der Waals surface area (Å²) in [6, 6.07) is 0. The summed E-state index contributed by atoms with van der Waals surface area (Å²) >= 11 is 0. The summed E-state index contributed by atoms with van der Waals surface area (Å²) < 4.78 is 0. The summed E-state index contributed by atoms with van der Waals surface area (Å²) in [6.45, 7) is 0.836. The molecule has 1 N–H and O–H groups in total. The molecule has 0 unspecified atom stereocenters. The van der Waals surface area contributed by atoms with Crippen LogP contribution in [0.2, 0.25) is 0 Å². The first-order valence-corrected chi connectivity index (χ1v) is 6.31. The van der Waals surface area contributed by atoms with E-state index in [1.807, 2.05) is 0 Å². The van der Waals surface area contributed by atoms with Crippen LogP contribution in [0.3, 0.4) is 0 Å². The Balaban J connectivity index is 2.21. The first-order valence-electron chi connectivity index (χ1n) is 6.31. The van der Waals surface area contributed by atoms with Crippen molar-refractivity contribution in [1.29, 1.82) is 0 Å². The number of hydrogen-bond acceptors (Lipinski definition) is 1. The molecule has 2 heteroatoms. The Hall–Kier alpha value is -0.790. The molecular weight excluding hydrogens is 186 g/mol. The van der Waals surface area contributed by atoms with Crippen molar-refractivity contribution in [2.45, 2.75) is 57.8 Å². The normalized spacial score (nSPS) is 23.9. The molecule has 0 atom stereocenters. The fourth-order valence-corrected chi connectivity index (χ4v) is 1.85. The molecule has 0 aromatic carbocycles. The molecule has 1 rings (SSSR count). The van der Waals surface area contributed by atoms with Gasteiger partial charge in [0.15, 0.2) is 0 Å². The van der Waals surface area contributed by atoms with E-state index in [2.05, 4.69) is 17.5 Å². The first kappa shape index (κ1) is 12.3. The van der Waals surface area contributed by atoms with Crippen molar-refractivity contribution in [1.82, 2.24) is 5.32 Å². The van der Waals surface area contributed by atoms with Gasteiger partial charge in [0, 0.05) is 13.0 Å². The smallest absolute Gasteiger partial charge is 0.219 e. The van der Waals surface area contributed by atoms with E-state index in [1.165, 1.54) is 32.1 Å². The molecule has 1 aliphatic heterocycles. The molecule has 0 spiro atoms. The SMILES string of the molecule is O=C1CCCCCCC/C=C\CCCN1. The Morgan fingerprint density at radius 1 is 0.867 bits per heavy atom. The predicted molar refractivity (Wildman–Crippen MR) is 63.7 cm³/mol. The molecule has 0 fully saturated rings. The van der Waals surface area contributed by atoms with Crippen molar-refractivity contribution in [2.75, 3.05) is 6.54 Å². The Morgan fingerprint density at radius 2 is 1.53 bits per heavy atom. The maximum absolute atomic E-state index is 11.3. The van der Waals surface area contributed by atoms with E-state index in [9.17, 15) is 4.79 Å². The van der Waals surface area contributed by atoms with Gasteiger partial charge in [-0.05, 0) is 32.1 Å². The minimum absolute atomic E-state index is 0.232. The van der Waals surface area contributed by atoms with Crippen LogP contribution in [-0.4, -0.2) is 12.5 Å². The molecule has 2 nitrogen and oxygen atoms in total. The van der Waals surface area contributed by atoms with Crippen molar-refractivity contribution in [3.05, 3.63) is 12.2 Å². The highest BCUT2D eigenvalue weighted by Crippen LogP contribution is 2.08. The average molecular weight is 209 g/mol. The van der Waals surface area contributed by atoms with Crippen molar-refractivity contribution in [2.24, 2.45) is 0 Å². The van der Waals surface area contributed by atoms with Gasteiger partial charge < -0.3 is 5.32 Å². The summed E-state index contributed by atoms with van der Waals surface area (Å²) in [5, 5.41) is 2.96. The minimum Gasteiger partial charge on any atom is -0.356 e. The van der Waals surface area contributed by atoms with E-state index in [0.717, 1.165) is 32.2 Å². The number of carbonyl (C=O) groups is 1. The molecule has 86 valence electrons. The van der Waals surface area contributed by atoms with Crippen molar-refractivity contribution in [3.8, 4) is 0 Å². The monoisotopic (exact) mass is 209 g/mol. The van der Waals surface area contributed by atoms with Gasteiger partial charge in [-0.25, -0.2) is 0 Å². The number of allylic oxidation sites excluding steroid dienone is 2. The van der Waals surface area contributed by atoms with Gasteiger partial charge >= 0.3 is 0 Å². The standard InChI is InChI=1S/C13H23NO/c15-13-11-9-7-5-3-1-2-4-6-8-10-12-14-13/h4,6H,1-3,5,7-12H2,(H,14,15)/b6-4-. The Morgan fingerprint density at radius 3 is 2.40 bits per heavy atom. The number of nitrogens with one attached hydrogen (secondary N) is 1. The molecule has 0 aromatic rings. The molecule has 0 aromatic heterocycles. The van der Waals surface area contributed by atoms with E-state index in [1.54, 1.807) is 0 Å². The Kier molecular flexibility index (Phi) is 6.97. The third-order valence-electron chi connectivity index (χ3n) is 2.81. The van der Waals surface area contributed by atoms with Crippen LogP contribution in [-0.2, 0) is 4.79 Å². The zero-order valence-electron chi connectivity index (χ0n) is 9.63. The van der Waals surface area contributed by atoms with E-state index in [4.69, 9.17) is 0 Å². The maximum Gasteiger partial charge on any atom is 0.219 e. The highest BCUT2D eigenvalue weighted by atomic mass is 16.1. The number of rotatable bonds is 0. The zero-order valence-corrected chi connectivity index (χ0v) is 9.63. The van der Waals surface area contributed by atoms with Crippen LogP contribution in [0.4, 0.5) is 0 Å². The number of carbonyl (C=O) groups excluding carboxylic acids is 1. The Labute approximate surface area is 93.1 Å². The predicted octanol–water partition coefficient (Wildman–Crippen LogP) is 3.18. The zero-order chi connectivity index (χ0) is 10.8. The molecule has 0 saturated carbocycles. The largest absolute Gasteiger partial charge is 0.356 e. The molecule has 0 bridgehead atoms. The molecule has 0 radical (unpaired) electrons. The molecule has 1 amide bonds. The lowest BCUT2D eigenvalue weighted by Gasteiger charge is -2.05. The van der Waals surface area contributed by atoms with Gasteiger partial charge in [0.1, 0.15) is 0 Å². The van der Waals surface area contributed by atoms with Gasteiger partial charge in [0.05, 0.1) is 0 Å². The van der Waals surface area contributed by atoms with Crippen LogP contribution >= 0.6 is 0 Å². The molecule has 1 aliphatic rings. The Bertz CT molecular complexity index is 199. The molecular formula is C13H23NO. The van der Waals surface area contributed by atoms with Crippen molar-refractivity contribution < 1.29 is 4.79 Å². The van der Waals surface area contributed by atoms with Gasteiger partial charge in [-0.3, -0.25) is 4.79 Å². The second kappa shape index (κ2) is 8.51. The van der Waals surface area contributed by atoms with Crippen molar-refractivity contribution >= 4 is 5.91 Å². The van der Waals surface area contributed by atoms with Gasteiger partial charge in [-0.2, -0.15) is 0 Å². The van der Waals surface area contributed by atoms with Crippen LogP contribution in [0.15, 0.2) is 12.2 Å². The highest BCUT2D eigenvalue weighted by Gasteiger charge is 2.00. The second-order valence-electron chi connectivity index (χ2n) is 4.27. The first-order chi connectivity index (χ1) is 7.39. The summed E-state index contributed by atoms with van der Waals surface area (Å²) in [5.74, 6) is 0.232. The van der Waals surface area contributed by atoms with Gasteiger partial charge in [0.25, 0.3) is 0 Å². The maximum atomic E-state index is 11.3. The quantitative estimate of drug-likeness (QED) is 0.610. The lowest BCUT2D eigenvalue weighted by molar-refractivity contribution is -0.121. The van der Waals surface area contributed by atoms with Crippen LogP contribution in [0, 0.1) is 0 Å². The number of amides is 1. The minimum atomic E-state index is 0.232. The topological polar surface area (TPSA) is 29.1 Å². The van der Waals surface area contributed by atoms with E-state index < -0.39 is 0 Å². The third kappa shape index (κ3) is 7.18. The van der Waals surface area contributed by atoms with Crippen LogP contribution in [0.5, 0.6) is 0 Å². The fraction of sp³-hybridized carbons (Fsp3) is 0.769. The van der Waals surface area contributed by atoms with Gasteiger partial charge in [0.2, 0.25) is 5.91 Å². The summed E-state index contributed by atoms with van der Waals surface area (Å²) in [4.78, 5) is 11.3. The van der Waals surface area contributed by atoms with Crippen LogP contribution in [0.25, 0.3) is 0 Å². The fourth-order valence-electron chi connectivity index (χ4n) is 1.85. The molecule has 0 saturated heterocycles. The summed E-state index contributed by atoms with van der Waals surface area (Å²) in [6.07, 6.45) is 14.8. The van der Waals surface area contributed by atoms with E-state index in [-0.39, 0.29) is 5.91 Å². The summed E-state index contributed by atoms with van der Waals surface area (Å²) in [7, 11) is 0. The van der Waals surface area contributed by atoms with E-state index in [0.29, 0.717) is 0 Å². The van der Waals surface area contributed by atoms with Crippen molar-refractivity contribution in [3.63, 3.8) is 0 Å². The molecule has 0 aliphatic carbocycles. The van der Waals surface area contributed by atoms with Crippen LogP contribution in [0.1, 0.15) is 57.8 Å². The van der Waals surface area contributed by atoms with E-state index >= 15 is 0 Å². The third-order valence-corrected chi connectivity index (χ3v) is 2.81. The van der Waals surface area contributed by atoms with Crippen LogP contribution < -0.4 is 5.32 Å². The van der Waals surface area contributed by atoms with Gasteiger partial charge in [-0.15, -0.1) is 0 Å². The lowest BCUT2D eigenvalue weighted by atomic mass is 10.1. The lowest BCUT2D eigenvalue weighted by Crippen LogP contribution is -2.23. The van der Waals surface area contributed by atoms with Gasteiger partial charge in [-0.1, -0.05) is 31.4 Å². The second-order valence-corrected chi connectivity index (χ2v) is 4.27. The molecule has 15 heavy (non-hydrogen) atoms.